The Hall–Kier alpha value is -2.45. The van der Waals surface area contributed by atoms with Gasteiger partial charge in [0, 0.05) is 24.3 Å². The number of ether oxygens (including phenoxy) is 1. The molecule has 4 rings (SSSR count). The lowest BCUT2D eigenvalue weighted by atomic mass is 9.93. The third kappa shape index (κ3) is 5.92. The van der Waals surface area contributed by atoms with Crippen molar-refractivity contribution in [3.8, 4) is 0 Å². The van der Waals surface area contributed by atoms with E-state index >= 15 is 0 Å². The van der Waals surface area contributed by atoms with Crippen LogP contribution in [-0.2, 0) is 14.8 Å². The Balaban J connectivity index is 1.76. The van der Waals surface area contributed by atoms with Crippen LogP contribution in [-0.4, -0.2) is 42.0 Å². The number of aryl methyl sites for hydroxylation is 1. The number of hydrogen-bond acceptors (Lipinski definition) is 5. The van der Waals surface area contributed by atoms with Gasteiger partial charge in [0.15, 0.2) is 0 Å². The molecule has 1 amide bonds. The molecule has 1 aromatic heterocycles. The van der Waals surface area contributed by atoms with E-state index in [2.05, 4.69) is 4.98 Å². The van der Waals surface area contributed by atoms with Crippen molar-refractivity contribution < 1.29 is 17.9 Å². The molecule has 8 heteroatoms. The van der Waals surface area contributed by atoms with Crippen molar-refractivity contribution in [3.05, 3.63) is 53.7 Å². The minimum absolute atomic E-state index is 0.0204. The van der Waals surface area contributed by atoms with Crippen LogP contribution in [0.5, 0.6) is 0 Å². The molecule has 1 atom stereocenters. The molecule has 1 aliphatic carbocycles. The molecule has 1 saturated carbocycles. The number of hydrogen-bond donors (Lipinski definition) is 0. The molecule has 1 aromatic carbocycles. The van der Waals surface area contributed by atoms with Crippen molar-refractivity contribution in [2.75, 3.05) is 11.4 Å². The predicted molar refractivity (Wildman–Crippen MR) is 141 cm³/mol. The summed E-state index contributed by atoms with van der Waals surface area (Å²) in [6.45, 7) is 7.96. The Morgan fingerprint density at radius 2 is 1.67 bits per heavy atom. The molecule has 2 aliphatic rings. The van der Waals surface area contributed by atoms with Crippen molar-refractivity contribution in [1.82, 2.24) is 9.29 Å². The van der Waals surface area contributed by atoms with Crippen LogP contribution in [0.15, 0.2) is 47.5 Å². The number of carbonyl (C=O) groups is 1. The first-order valence-corrected chi connectivity index (χ1v) is 14.6. The molecular formula is C28H39N3O4S. The van der Waals surface area contributed by atoms with E-state index in [1.165, 1.54) is 0 Å². The minimum Gasteiger partial charge on any atom is -0.443 e. The highest BCUT2D eigenvalue weighted by Crippen LogP contribution is 2.40. The molecule has 2 aromatic rings. The molecular weight excluding hydrogens is 474 g/mol. The second-order valence-electron chi connectivity index (χ2n) is 11.0. The van der Waals surface area contributed by atoms with Gasteiger partial charge in [-0.05, 0) is 71.6 Å². The zero-order chi connectivity index (χ0) is 25.9. The van der Waals surface area contributed by atoms with E-state index in [9.17, 15) is 13.2 Å². The summed E-state index contributed by atoms with van der Waals surface area (Å²) in [5.41, 5.74) is 1.13. The highest BCUT2D eigenvalue weighted by Gasteiger charge is 2.39. The number of rotatable bonds is 5. The molecule has 36 heavy (non-hydrogen) atoms. The second kappa shape index (κ2) is 10.9. The van der Waals surface area contributed by atoms with Gasteiger partial charge < -0.3 is 4.74 Å². The van der Waals surface area contributed by atoms with Crippen LogP contribution in [0.4, 0.5) is 10.6 Å². The molecule has 7 nitrogen and oxygen atoms in total. The Labute approximate surface area is 215 Å². The summed E-state index contributed by atoms with van der Waals surface area (Å²) in [6, 6.07) is 10.3. The molecule has 0 spiro atoms. The van der Waals surface area contributed by atoms with E-state index < -0.39 is 27.8 Å². The Bertz CT molecular complexity index is 1150. The van der Waals surface area contributed by atoms with Crippen molar-refractivity contribution in [2.24, 2.45) is 0 Å². The number of sulfonamides is 1. The SMILES string of the molecule is Cc1ccc(S(=O)(=O)N2CCCCC2c2cccnc2N(C(=O)OC(C)(C)C)C2CCCCC2)cc1. The van der Waals surface area contributed by atoms with E-state index in [0.717, 1.165) is 56.1 Å². The molecule has 0 radical (unpaired) electrons. The summed E-state index contributed by atoms with van der Waals surface area (Å²) in [5.74, 6) is 0.523. The van der Waals surface area contributed by atoms with Crippen LogP contribution in [0.25, 0.3) is 0 Å². The second-order valence-corrected chi connectivity index (χ2v) is 12.9. The van der Waals surface area contributed by atoms with Crippen molar-refractivity contribution >= 4 is 21.9 Å². The average Bonchev–Trinajstić information content (AvgIpc) is 2.84. The quantitative estimate of drug-likeness (QED) is 0.463. The third-order valence-electron chi connectivity index (χ3n) is 7.02. The number of benzene rings is 1. The number of anilines is 1. The van der Waals surface area contributed by atoms with Gasteiger partial charge in [-0.3, -0.25) is 4.90 Å². The molecule has 2 fully saturated rings. The number of carbonyl (C=O) groups excluding carboxylic acids is 1. The first kappa shape index (κ1) is 26.6. The Morgan fingerprint density at radius 1 is 1.00 bits per heavy atom. The lowest BCUT2D eigenvalue weighted by Gasteiger charge is -2.39. The van der Waals surface area contributed by atoms with Gasteiger partial charge in [0.2, 0.25) is 10.0 Å². The highest BCUT2D eigenvalue weighted by molar-refractivity contribution is 7.89. The van der Waals surface area contributed by atoms with Gasteiger partial charge in [-0.2, -0.15) is 4.31 Å². The van der Waals surface area contributed by atoms with Gasteiger partial charge in [-0.25, -0.2) is 18.2 Å². The number of nitrogens with zero attached hydrogens (tertiary/aromatic N) is 3. The molecule has 0 bridgehead atoms. The molecule has 1 saturated heterocycles. The van der Waals surface area contributed by atoms with E-state index in [0.29, 0.717) is 23.7 Å². The lowest BCUT2D eigenvalue weighted by Crippen LogP contribution is -2.46. The summed E-state index contributed by atoms with van der Waals surface area (Å²) < 4.78 is 35.0. The fourth-order valence-corrected chi connectivity index (χ4v) is 6.95. The lowest BCUT2D eigenvalue weighted by molar-refractivity contribution is 0.0555. The molecule has 1 aliphatic heterocycles. The monoisotopic (exact) mass is 513 g/mol. The fourth-order valence-electron chi connectivity index (χ4n) is 5.28. The van der Waals surface area contributed by atoms with Crippen molar-refractivity contribution in [2.45, 2.75) is 102 Å². The summed E-state index contributed by atoms with van der Waals surface area (Å²) in [6.07, 6.45) is 8.66. The molecule has 2 heterocycles. The van der Waals surface area contributed by atoms with Crippen molar-refractivity contribution in [1.29, 1.82) is 0 Å². The molecule has 1 unspecified atom stereocenters. The number of pyridine rings is 1. The van der Waals surface area contributed by atoms with Crippen molar-refractivity contribution in [3.63, 3.8) is 0 Å². The smallest absolute Gasteiger partial charge is 0.416 e. The van der Waals surface area contributed by atoms with E-state index in [4.69, 9.17) is 4.74 Å². The Kier molecular flexibility index (Phi) is 8.05. The topological polar surface area (TPSA) is 79.8 Å². The normalized spacial score (nSPS) is 20.2. The van der Waals surface area contributed by atoms with Gasteiger partial charge in [0.25, 0.3) is 0 Å². The average molecular weight is 514 g/mol. The van der Waals surface area contributed by atoms with Crippen LogP contribution in [0.1, 0.15) is 89.3 Å². The standard InChI is InChI=1S/C28H39N3O4S/c1-21-15-17-23(18-16-21)36(33,34)30-20-9-8-14-25(30)24-13-10-19-29-26(24)31(22-11-6-5-7-12-22)27(32)35-28(2,3)4/h10,13,15-19,22,25H,5-9,11-12,14,20H2,1-4H3. The maximum Gasteiger partial charge on any atom is 0.416 e. The van der Waals surface area contributed by atoms with E-state index in [-0.39, 0.29) is 6.04 Å². The first-order chi connectivity index (χ1) is 17.1. The number of piperidine rings is 1. The first-order valence-electron chi connectivity index (χ1n) is 13.1. The predicted octanol–water partition coefficient (Wildman–Crippen LogP) is 6.38. The van der Waals surface area contributed by atoms with E-state index in [1.807, 2.05) is 52.0 Å². The van der Waals surface area contributed by atoms with Crippen LogP contribution >= 0.6 is 0 Å². The summed E-state index contributed by atoms with van der Waals surface area (Å²) in [5, 5.41) is 0. The summed E-state index contributed by atoms with van der Waals surface area (Å²) >= 11 is 0. The maximum absolute atomic E-state index is 13.8. The molecule has 196 valence electrons. The van der Waals surface area contributed by atoms with Gasteiger partial charge in [0.1, 0.15) is 11.4 Å². The highest BCUT2D eigenvalue weighted by atomic mass is 32.2. The largest absolute Gasteiger partial charge is 0.443 e. The van der Waals surface area contributed by atoms with Crippen LogP contribution in [0.2, 0.25) is 0 Å². The van der Waals surface area contributed by atoms with Crippen LogP contribution in [0, 0.1) is 6.92 Å². The fraction of sp³-hybridized carbons (Fsp3) is 0.571. The summed E-state index contributed by atoms with van der Waals surface area (Å²) in [7, 11) is -3.72. The number of aromatic nitrogens is 1. The van der Waals surface area contributed by atoms with Gasteiger partial charge in [-0.15, -0.1) is 0 Å². The zero-order valence-corrected chi connectivity index (χ0v) is 22.8. The van der Waals surface area contributed by atoms with Gasteiger partial charge in [0.05, 0.1) is 10.9 Å². The third-order valence-corrected chi connectivity index (χ3v) is 8.94. The number of amides is 1. The van der Waals surface area contributed by atoms with Gasteiger partial charge in [-0.1, -0.05) is 49.4 Å². The van der Waals surface area contributed by atoms with Gasteiger partial charge >= 0.3 is 6.09 Å². The Morgan fingerprint density at radius 3 is 2.33 bits per heavy atom. The molecule has 0 N–H and O–H groups in total. The minimum atomic E-state index is -3.72. The van der Waals surface area contributed by atoms with Crippen LogP contribution < -0.4 is 4.90 Å². The zero-order valence-electron chi connectivity index (χ0n) is 21.9. The van der Waals surface area contributed by atoms with E-state index in [1.54, 1.807) is 27.5 Å². The summed E-state index contributed by atoms with van der Waals surface area (Å²) in [4.78, 5) is 20.2. The maximum atomic E-state index is 13.8. The van der Waals surface area contributed by atoms with Crippen LogP contribution in [0.3, 0.4) is 0 Å².